The van der Waals surface area contributed by atoms with Crippen molar-refractivity contribution in [3.05, 3.63) is 65.5 Å². The molecule has 144 valence electrons. The molecule has 0 unspecified atom stereocenters. The molecule has 2 heterocycles. The summed E-state index contributed by atoms with van der Waals surface area (Å²) in [7, 11) is 3.28. The molecular weight excluding hydrogens is 356 g/mol. The molecule has 1 amide bonds. The van der Waals surface area contributed by atoms with Crippen molar-refractivity contribution in [3.8, 4) is 17.1 Å². The third-order valence-corrected chi connectivity index (χ3v) is 5.03. The molecule has 3 aromatic rings. The summed E-state index contributed by atoms with van der Waals surface area (Å²) in [5.74, 6) is 1.70. The highest BCUT2D eigenvalue weighted by Gasteiger charge is 2.32. The molecule has 0 fully saturated rings. The van der Waals surface area contributed by atoms with Crippen LogP contribution in [0.2, 0.25) is 0 Å². The maximum Gasteiger partial charge on any atom is 0.241 e. The van der Waals surface area contributed by atoms with Gasteiger partial charge in [-0.25, -0.2) is 0 Å². The molecule has 0 spiro atoms. The van der Waals surface area contributed by atoms with Gasteiger partial charge in [0.1, 0.15) is 5.75 Å². The number of benzene rings is 2. The summed E-state index contributed by atoms with van der Waals surface area (Å²) in [6.45, 7) is 1.06. The van der Waals surface area contributed by atoms with Gasteiger partial charge in [0.2, 0.25) is 17.6 Å². The van der Waals surface area contributed by atoms with E-state index in [9.17, 15) is 4.79 Å². The molecule has 2 aromatic carbocycles. The van der Waals surface area contributed by atoms with Crippen LogP contribution in [-0.4, -0.2) is 41.1 Å². The number of carbonyl (C=O) groups is 1. The second-order valence-corrected chi connectivity index (χ2v) is 6.75. The largest absolute Gasteiger partial charge is 0.497 e. The number of nitrogens with one attached hydrogen (secondary N) is 1. The van der Waals surface area contributed by atoms with Crippen molar-refractivity contribution in [1.29, 1.82) is 0 Å². The minimum atomic E-state index is -0.271. The topological polar surface area (TPSA) is 80.5 Å². The van der Waals surface area contributed by atoms with E-state index < -0.39 is 0 Å². The summed E-state index contributed by atoms with van der Waals surface area (Å²) < 4.78 is 10.7. The molecule has 1 atom stereocenters. The predicted molar refractivity (Wildman–Crippen MR) is 104 cm³/mol. The van der Waals surface area contributed by atoms with Crippen molar-refractivity contribution in [1.82, 2.24) is 20.4 Å². The Morgan fingerprint density at radius 3 is 2.86 bits per heavy atom. The van der Waals surface area contributed by atoms with Crippen LogP contribution in [0.15, 0.2) is 53.1 Å². The van der Waals surface area contributed by atoms with Gasteiger partial charge in [-0.2, -0.15) is 4.98 Å². The lowest BCUT2D eigenvalue weighted by molar-refractivity contribution is -0.127. The molecular formula is C21H22N4O3. The molecule has 1 aromatic heterocycles. The maximum atomic E-state index is 12.4. The summed E-state index contributed by atoms with van der Waals surface area (Å²) in [5.41, 5.74) is 3.24. The molecule has 0 radical (unpaired) electrons. The monoisotopic (exact) mass is 378 g/mol. The van der Waals surface area contributed by atoms with E-state index in [-0.39, 0.29) is 11.9 Å². The van der Waals surface area contributed by atoms with E-state index in [2.05, 4.69) is 32.5 Å². The van der Waals surface area contributed by atoms with Crippen LogP contribution in [0, 0.1) is 0 Å². The van der Waals surface area contributed by atoms with Gasteiger partial charge >= 0.3 is 0 Å². The molecule has 7 heteroatoms. The van der Waals surface area contributed by atoms with Crippen LogP contribution in [-0.2, 0) is 24.3 Å². The van der Waals surface area contributed by atoms with Crippen LogP contribution in [0.25, 0.3) is 11.4 Å². The Labute approximate surface area is 163 Å². The fraction of sp³-hybridized carbons (Fsp3) is 0.286. The normalized spacial score (nSPS) is 16.4. The molecule has 0 saturated carbocycles. The van der Waals surface area contributed by atoms with Gasteiger partial charge in [0.05, 0.1) is 19.7 Å². The van der Waals surface area contributed by atoms with Crippen LogP contribution >= 0.6 is 0 Å². The Kier molecular flexibility index (Phi) is 5.08. The first kappa shape index (κ1) is 18.2. The fourth-order valence-electron chi connectivity index (χ4n) is 3.54. The van der Waals surface area contributed by atoms with Crippen molar-refractivity contribution in [3.63, 3.8) is 0 Å². The van der Waals surface area contributed by atoms with E-state index in [0.717, 1.165) is 11.3 Å². The molecule has 4 rings (SSSR count). The molecule has 1 aliphatic heterocycles. The molecule has 0 saturated heterocycles. The Balaban J connectivity index is 1.57. The molecule has 7 nitrogen and oxygen atoms in total. The number of methoxy groups -OCH3 is 1. The number of fused-ring (bicyclic) bond motifs is 1. The standard InChI is InChI=1S/C21H22N4O3/c1-22-21(26)18-11-14-6-3-4-7-16(14)12-25(18)13-19-23-20(24-28-19)15-8-5-9-17(10-15)27-2/h3-10,18H,11-13H2,1-2H3,(H,22,26)/t18-/m1/s1. The third kappa shape index (κ3) is 3.61. The Morgan fingerprint density at radius 1 is 1.25 bits per heavy atom. The van der Waals surface area contributed by atoms with Crippen LogP contribution < -0.4 is 10.1 Å². The highest BCUT2D eigenvalue weighted by atomic mass is 16.5. The van der Waals surface area contributed by atoms with Gasteiger partial charge < -0.3 is 14.6 Å². The van der Waals surface area contributed by atoms with Crippen molar-refractivity contribution < 1.29 is 14.1 Å². The zero-order valence-corrected chi connectivity index (χ0v) is 15.9. The first-order valence-corrected chi connectivity index (χ1v) is 9.17. The average Bonchev–Trinajstić information content (AvgIpc) is 3.21. The van der Waals surface area contributed by atoms with Gasteiger partial charge in [0.15, 0.2) is 0 Å². The smallest absolute Gasteiger partial charge is 0.241 e. The van der Waals surface area contributed by atoms with Crippen molar-refractivity contribution in [2.75, 3.05) is 14.2 Å². The lowest BCUT2D eigenvalue weighted by Crippen LogP contribution is -2.49. The summed E-state index contributed by atoms with van der Waals surface area (Å²) in [6.07, 6.45) is 0.659. The SMILES string of the molecule is CNC(=O)[C@H]1Cc2ccccc2CN1Cc1nc(-c2cccc(OC)c2)no1. The summed E-state index contributed by atoms with van der Waals surface area (Å²) in [4.78, 5) is 19.0. The molecule has 0 bridgehead atoms. The van der Waals surface area contributed by atoms with Crippen LogP contribution in [0.5, 0.6) is 5.75 Å². The van der Waals surface area contributed by atoms with E-state index in [1.165, 1.54) is 11.1 Å². The predicted octanol–water partition coefficient (Wildman–Crippen LogP) is 2.42. The lowest BCUT2D eigenvalue weighted by atomic mass is 9.93. The molecule has 1 aliphatic rings. The number of rotatable bonds is 5. The highest BCUT2D eigenvalue weighted by Crippen LogP contribution is 2.26. The first-order valence-electron chi connectivity index (χ1n) is 9.17. The number of nitrogens with zero attached hydrogens (tertiary/aromatic N) is 3. The van der Waals surface area contributed by atoms with Gasteiger partial charge in [0.25, 0.3) is 0 Å². The van der Waals surface area contributed by atoms with Crippen molar-refractivity contribution in [2.45, 2.75) is 25.6 Å². The van der Waals surface area contributed by atoms with E-state index in [0.29, 0.717) is 31.2 Å². The minimum Gasteiger partial charge on any atom is -0.497 e. The lowest BCUT2D eigenvalue weighted by Gasteiger charge is -2.34. The van der Waals surface area contributed by atoms with E-state index in [1.54, 1.807) is 14.2 Å². The van der Waals surface area contributed by atoms with E-state index >= 15 is 0 Å². The number of hydrogen-bond donors (Lipinski definition) is 1. The zero-order valence-electron chi connectivity index (χ0n) is 15.9. The highest BCUT2D eigenvalue weighted by molar-refractivity contribution is 5.82. The minimum absolute atomic E-state index is 0.0120. The second kappa shape index (κ2) is 7.82. The summed E-state index contributed by atoms with van der Waals surface area (Å²) >= 11 is 0. The first-order chi connectivity index (χ1) is 13.7. The van der Waals surface area contributed by atoms with E-state index in [4.69, 9.17) is 9.26 Å². The molecule has 28 heavy (non-hydrogen) atoms. The average molecular weight is 378 g/mol. The van der Waals surface area contributed by atoms with Gasteiger partial charge in [0, 0.05) is 19.2 Å². The fourth-order valence-corrected chi connectivity index (χ4v) is 3.54. The van der Waals surface area contributed by atoms with Gasteiger partial charge in [-0.15, -0.1) is 0 Å². The number of ether oxygens (including phenoxy) is 1. The number of likely N-dealkylation sites (N-methyl/N-ethyl adjacent to an activating group) is 1. The van der Waals surface area contributed by atoms with Crippen LogP contribution in [0.3, 0.4) is 0 Å². The molecule has 1 N–H and O–H groups in total. The third-order valence-electron chi connectivity index (χ3n) is 5.03. The van der Waals surface area contributed by atoms with Gasteiger partial charge in [-0.05, 0) is 29.7 Å². The quantitative estimate of drug-likeness (QED) is 0.734. The zero-order chi connectivity index (χ0) is 19.5. The number of aromatic nitrogens is 2. The Hall–Kier alpha value is -3.19. The Morgan fingerprint density at radius 2 is 2.07 bits per heavy atom. The summed E-state index contributed by atoms with van der Waals surface area (Å²) in [6, 6.07) is 15.4. The molecule has 0 aliphatic carbocycles. The maximum absolute atomic E-state index is 12.4. The van der Waals surface area contributed by atoms with E-state index in [1.807, 2.05) is 36.4 Å². The number of amides is 1. The Bertz CT molecular complexity index is 985. The second-order valence-electron chi connectivity index (χ2n) is 6.75. The number of hydrogen-bond acceptors (Lipinski definition) is 6. The van der Waals surface area contributed by atoms with Crippen LogP contribution in [0.1, 0.15) is 17.0 Å². The van der Waals surface area contributed by atoms with Gasteiger partial charge in [-0.1, -0.05) is 41.6 Å². The number of carbonyl (C=O) groups excluding carboxylic acids is 1. The van der Waals surface area contributed by atoms with Crippen molar-refractivity contribution in [2.24, 2.45) is 0 Å². The van der Waals surface area contributed by atoms with Crippen molar-refractivity contribution >= 4 is 5.91 Å². The van der Waals surface area contributed by atoms with Gasteiger partial charge in [-0.3, -0.25) is 9.69 Å². The van der Waals surface area contributed by atoms with Crippen LogP contribution in [0.4, 0.5) is 0 Å². The summed E-state index contributed by atoms with van der Waals surface area (Å²) in [5, 5.41) is 6.86.